The summed E-state index contributed by atoms with van der Waals surface area (Å²) in [5.74, 6) is 1.93. The Kier molecular flexibility index (Phi) is 5.81. The molecule has 4 nitrogen and oxygen atoms in total. The second-order valence-electron chi connectivity index (χ2n) is 12.5. The first kappa shape index (κ1) is 26.5. The summed E-state index contributed by atoms with van der Waals surface area (Å²) in [7, 11) is 0. The molecule has 2 heterocycles. The molecule has 1 aliphatic rings. The molecule has 0 fully saturated rings. The molecule has 0 bridgehead atoms. The van der Waals surface area contributed by atoms with E-state index in [1.165, 1.54) is 33.4 Å². The van der Waals surface area contributed by atoms with E-state index in [-0.39, 0.29) is 5.41 Å². The average molecular weight is 592 g/mol. The SMILES string of the molecule is CC1(C)c2cc(-c3nc(-c4ccccc4)nc(-c4ccc5oc6ccccc6c5c4)n3)ccc2-c2c(-c3ccccc3)cccc21. The molecule has 4 heteroatoms. The van der Waals surface area contributed by atoms with Crippen LogP contribution in [0.25, 0.3) is 78.4 Å². The molecule has 2 aromatic heterocycles. The number of hydrogen-bond donors (Lipinski definition) is 0. The van der Waals surface area contributed by atoms with Crippen LogP contribution >= 0.6 is 0 Å². The van der Waals surface area contributed by atoms with Crippen LogP contribution in [0.5, 0.6) is 0 Å². The minimum Gasteiger partial charge on any atom is -0.456 e. The summed E-state index contributed by atoms with van der Waals surface area (Å²) in [6.45, 7) is 4.63. The van der Waals surface area contributed by atoms with E-state index in [1.807, 2.05) is 60.7 Å². The number of nitrogens with zero attached hydrogens (tertiary/aromatic N) is 3. The lowest BCUT2D eigenvalue weighted by atomic mass is 9.81. The molecule has 0 amide bonds. The smallest absolute Gasteiger partial charge is 0.164 e. The molecular formula is C42H29N3O. The van der Waals surface area contributed by atoms with E-state index >= 15 is 0 Å². The second-order valence-corrected chi connectivity index (χ2v) is 12.5. The zero-order chi connectivity index (χ0) is 30.8. The van der Waals surface area contributed by atoms with E-state index in [0.717, 1.165) is 38.6 Å². The first-order valence-corrected chi connectivity index (χ1v) is 15.6. The van der Waals surface area contributed by atoms with E-state index in [4.69, 9.17) is 19.4 Å². The van der Waals surface area contributed by atoms with Crippen LogP contribution in [0, 0.1) is 0 Å². The van der Waals surface area contributed by atoms with Gasteiger partial charge in [-0.25, -0.2) is 15.0 Å². The Hall–Kier alpha value is -5.87. The Balaban J connectivity index is 1.22. The highest BCUT2D eigenvalue weighted by Crippen LogP contribution is 2.52. The molecule has 0 radical (unpaired) electrons. The highest BCUT2D eigenvalue weighted by molar-refractivity contribution is 6.06. The third-order valence-electron chi connectivity index (χ3n) is 9.35. The van der Waals surface area contributed by atoms with Crippen molar-refractivity contribution in [2.75, 3.05) is 0 Å². The Morgan fingerprint density at radius 1 is 0.435 bits per heavy atom. The lowest BCUT2D eigenvalue weighted by Crippen LogP contribution is -2.15. The van der Waals surface area contributed by atoms with Gasteiger partial charge in [0.25, 0.3) is 0 Å². The van der Waals surface area contributed by atoms with Crippen molar-refractivity contribution in [2.45, 2.75) is 19.3 Å². The fourth-order valence-electron chi connectivity index (χ4n) is 7.00. The largest absolute Gasteiger partial charge is 0.456 e. The lowest BCUT2D eigenvalue weighted by Gasteiger charge is -2.22. The van der Waals surface area contributed by atoms with Crippen LogP contribution in [0.2, 0.25) is 0 Å². The summed E-state index contributed by atoms with van der Waals surface area (Å²) < 4.78 is 6.10. The van der Waals surface area contributed by atoms with Gasteiger partial charge in [-0.15, -0.1) is 0 Å². The summed E-state index contributed by atoms with van der Waals surface area (Å²) in [5.41, 5.74) is 12.0. The van der Waals surface area contributed by atoms with Gasteiger partial charge in [-0.1, -0.05) is 123 Å². The maximum absolute atomic E-state index is 6.10. The van der Waals surface area contributed by atoms with Crippen molar-refractivity contribution in [3.8, 4) is 56.4 Å². The molecule has 218 valence electrons. The van der Waals surface area contributed by atoms with E-state index in [2.05, 4.69) is 92.7 Å². The van der Waals surface area contributed by atoms with E-state index in [9.17, 15) is 0 Å². The second kappa shape index (κ2) is 10.1. The Labute approximate surface area is 267 Å². The Morgan fingerprint density at radius 3 is 1.80 bits per heavy atom. The van der Waals surface area contributed by atoms with Crippen molar-refractivity contribution in [3.63, 3.8) is 0 Å². The number of rotatable bonds is 4. The van der Waals surface area contributed by atoms with Gasteiger partial charge in [0.1, 0.15) is 11.2 Å². The van der Waals surface area contributed by atoms with Gasteiger partial charge >= 0.3 is 0 Å². The molecule has 0 atom stereocenters. The van der Waals surface area contributed by atoms with Gasteiger partial charge in [-0.3, -0.25) is 0 Å². The average Bonchev–Trinajstić information content (AvgIpc) is 3.60. The molecule has 0 unspecified atom stereocenters. The third kappa shape index (κ3) is 4.11. The molecule has 0 aliphatic heterocycles. The summed E-state index contributed by atoms with van der Waals surface area (Å²) in [6.07, 6.45) is 0. The van der Waals surface area contributed by atoms with Crippen molar-refractivity contribution in [3.05, 3.63) is 151 Å². The van der Waals surface area contributed by atoms with Gasteiger partial charge < -0.3 is 4.42 Å². The monoisotopic (exact) mass is 591 g/mol. The molecule has 1 aliphatic carbocycles. The molecule has 8 aromatic rings. The number of furan rings is 1. The van der Waals surface area contributed by atoms with Crippen molar-refractivity contribution in [1.82, 2.24) is 15.0 Å². The van der Waals surface area contributed by atoms with Crippen LogP contribution in [0.1, 0.15) is 25.0 Å². The first-order valence-electron chi connectivity index (χ1n) is 15.6. The quantitative estimate of drug-likeness (QED) is 0.204. The maximum atomic E-state index is 6.10. The van der Waals surface area contributed by atoms with Gasteiger partial charge in [0.15, 0.2) is 17.5 Å². The van der Waals surface area contributed by atoms with Crippen LogP contribution in [0.3, 0.4) is 0 Å². The molecule has 46 heavy (non-hydrogen) atoms. The highest BCUT2D eigenvalue weighted by Gasteiger charge is 2.37. The maximum Gasteiger partial charge on any atom is 0.164 e. The van der Waals surface area contributed by atoms with Crippen molar-refractivity contribution < 1.29 is 4.42 Å². The van der Waals surface area contributed by atoms with Gasteiger partial charge in [-0.2, -0.15) is 0 Å². The van der Waals surface area contributed by atoms with Crippen LogP contribution < -0.4 is 0 Å². The normalized spacial score (nSPS) is 13.2. The van der Waals surface area contributed by atoms with Crippen LogP contribution in [0.15, 0.2) is 144 Å². The molecule has 6 aromatic carbocycles. The van der Waals surface area contributed by atoms with E-state index in [0.29, 0.717) is 17.5 Å². The van der Waals surface area contributed by atoms with Crippen molar-refractivity contribution in [2.24, 2.45) is 0 Å². The zero-order valence-electron chi connectivity index (χ0n) is 25.5. The number of benzene rings is 6. The summed E-state index contributed by atoms with van der Waals surface area (Å²) in [4.78, 5) is 15.2. The van der Waals surface area contributed by atoms with E-state index < -0.39 is 0 Å². The standard InChI is InChI=1S/C42H29N3O/c1-42(2)34-18-11-17-30(26-12-5-3-6-13-26)38(34)32-22-20-29(25-35(32)42)41-44-39(27-14-7-4-8-15-27)43-40(45-41)28-21-23-37-33(24-28)31-16-9-10-19-36(31)46-37/h3-25H,1-2H3. The number of para-hydroxylation sites is 1. The van der Waals surface area contributed by atoms with Gasteiger partial charge in [-0.05, 0) is 63.7 Å². The predicted molar refractivity (Wildman–Crippen MR) is 186 cm³/mol. The number of aromatic nitrogens is 3. The summed E-state index contributed by atoms with van der Waals surface area (Å²) in [6, 6.07) is 48.5. The number of hydrogen-bond acceptors (Lipinski definition) is 4. The van der Waals surface area contributed by atoms with Crippen molar-refractivity contribution in [1.29, 1.82) is 0 Å². The topological polar surface area (TPSA) is 51.8 Å². The Morgan fingerprint density at radius 2 is 1.04 bits per heavy atom. The Bertz CT molecular complexity index is 2440. The minimum atomic E-state index is -0.184. The van der Waals surface area contributed by atoms with Crippen LogP contribution in [-0.4, -0.2) is 15.0 Å². The molecule has 0 spiro atoms. The summed E-state index contributed by atoms with van der Waals surface area (Å²) in [5, 5.41) is 2.12. The van der Waals surface area contributed by atoms with E-state index in [1.54, 1.807) is 0 Å². The first-order chi connectivity index (χ1) is 22.5. The molecular weight excluding hydrogens is 562 g/mol. The molecule has 0 saturated heterocycles. The number of fused-ring (bicyclic) bond motifs is 6. The zero-order valence-corrected chi connectivity index (χ0v) is 25.5. The van der Waals surface area contributed by atoms with Gasteiger partial charge in [0.05, 0.1) is 0 Å². The molecule has 9 rings (SSSR count). The van der Waals surface area contributed by atoms with Crippen LogP contribution in [-0.2, 0) is 5.41 Å². The third-order valence-corrected chi connectivity index (χ3v) is 9.35. The van der Waals surface area contributed by atoms with Crippen LogP contribution in [0.4, 0.5) is 0 Å². The minimum absolute atomic E-state index is 0.184. The van der Waals surface area contributed by atoms with Gasteiger partial charge in [0, 0.05) is 32.9 Å². The fourth-order valence-corrected chi connectivity index (χ4v) is 7.00. The fraction of sp³-hybridized carbons (Fsp3) is 0.0714. The van der Waals surface area contributed by atoms with Gasteiger partial charge in [0.2, 0.25) is 0 Å². The summed E-state index contributed by atoms with van der Waals surface area (Å²) >= 11 is 0. The lowest BCUT2D eigenvalue weighted by molar-refractivity contribution is 0.660. The molecule has 0 N–H and O–H groups in total. The molecule has 0 saturated carbocycles. The van der Waals surface area contributed by atoms with Crippen molar-refractivity contribution >= 4 is 21.9 Å². The predicted octanol–water partition coefficient (Wildman–Crippen LogP) is 10.7. The highest BCUT2D eigenvalue weighted by atomic mass is 16.3.